The first-order valence-electron chi connectivity index (χ1n) is 7.52. The summed E-state index contributed by atoms with van der Waals surface area (Å²) in [6.07, 6.45) is -4.72. The van der Waals surface area contributed by atoms with Gasteiger partial charge in [0.2, 0.25) is 20.0 Å². The zero-order valence-corrected chi connectivity index (χ0v) is 16.5. The maximum atomic E-state index is 12.9. The van der Waals surface area contributed by atoms with E-state index in [0.717, 1.165) is 0 Å². The van der Waals surface area contributed by atoms with E-state index in [2.05, 4.69) is 5.10 Å². The normalized spacial score (nSPS) is 13.3. The molecule has 0 aliphatic carbocycles. The molecule has 2 N–H and O–H groups in total. The molecule has 0 aliphatic rings. The molecule has 1 aromatic carbocycles. The Morgan fingerprint density at radius 1 is 1.15 bits per heavy atom. The highest BCUT2D eigenvalue weighted by molar-refractivity contribution is 8.10. The van der Waals surface area contributed by atoms with Crippen molar-refractivity contribution in [1.29, 1.82) is 0 Å². The third-order valence-electron chi connectivity index (χ3n) is 3.59. The summed E-state index contributed by atoms with van der Waals surface area (Å²) in [6.45, 7) is 0.775. The number of nitrogen functional groups attached to an aromatic ring is 1. The highest BCUT2D eigenvalue weighted by Crippen LogP contribution is 2.39. The molecular formula is C13H16ClF3N4O4S2. The Kier molecular flexibility index (Phi) is 5.61. The minimum Gasteiger partial charge on any atom is -0.397 e. The van der Waals surface area contributed by atoms with Gasteiger partial charge < -0.3 is 5.73 Å². The van der Waals surface area contributed by atoms with Gasteiger partial charge in [-0.3, -0.25) is 4.68 Å². The van der Waals surface area contributed by atoms with Crippen molar-refractivity contribution < 1.29 is 30.0 Å². The summed E-state index contributed by atoms with van der Waals surface area (Å²) >= 11 is 6.04. The average molecular weight is 449 g/mol. The van der Waals surface area contributed by atoms with Crippen molar-refractivity contribution in [3.05, 3.63) is 17.2 Å². The topological polar surface area (TPSA) is 115 Å². The minimum absolute atomic E-state index is 0.0283. The number of hydrogen-bond donors (Lipinski definition) is 1. The van der Waals surface area contributed by atoms with Gasteiger partial charge in [0.05, 0.1) is 33.1 Å². The Labute approximate surface area is 158 Å². The monoisotopic (exact) mass is 448 g/mol. The lowest BCUT2D eigenvalue weighted by Crippen LogP contribution is -2.39. The minimum atomic E-state index is -4.72. The van der Waals surface area contributed by atoms with Crippen LogP contribution in [-0.4, -0.2) is 44.3 Å². The summed E-state index contributed by atoms with van der Waals surface area (Å²) in [5.41, 5.74) is 5.26. The van der Waals surface area contributed by atoms with E-state index in [-0.39, 0.29) is 25.3 Å². The Bertz CT molecular complexity index is 1050. The van der Waals surface area contributed by atoms with E-state index < -0.39 is 50.1 Å². The average Bonchev–Trinajstić information content (AvgIpc) is 2.88. The van der Waals surface area contributed by atoms with Crippen LogP contribution in [0.5, 0.6) is 0 Å². The molecule has 8 nitrogen and oxygen atoms in total. The number of halogens is 4. The van der Waals surface area contributed by atoms with Crippen LogP contribution in [0.25, 0.3) is 10.9 Å². The number of aromatic nitrogens is 2. The standard InChI is InChI=1S/C13H16ClF3N4O4S2/c1-3-26(22,23)21(27(24,25)4-2)12-10-8(14)5-6-9(18)11(10)20(19-12)7-13(15,16)17/h5-6H,3-4,7,18H2,1-2H3. The number of nitrogens with zero attached hydrogens (tertiary/aromatic N) is 3. The third-order valence-corrected chi connectivity index (χ3v) is 8.09. The summed E-state index contributed by atoms with van der Waals surface area (Å²) in [4.78, 5) is 0. The van der Waals surface area contributed by atoms with Gasteiger partial charge in [0.1, 0.15) is 6.54 Å². The Balaban J connectivity index is 2.98. The number of anilines is 2. The molecule has 0 atom stereocenters. The smallest absolute Gasteiger partial charge is 0.397 e. The molecule has 152 valence electrons. The van der Waals surface area contributed by atoms with E-state index in [0.29, 0.717) is 4.68 Å². The Hall–Kier alpha value is -1.73. The van der Waals surface area contributed by atoms with Crippen LogP contribution in [0, 0.1) is 0 Å². The second-order valence-corrected chi connectivity index (χ2v) is 10.3. The largest absolute Gasteiger partial charge is 0.408 e. The van der Waals surface area contributed by atoms with E-state index in [9.17, 15) is 30.0 Å². The zero-order chi connectivity index (χ0) is 20.8. The molecule has 27 heavy (non-hydrogen) atoms. The van der Waals surface area contributed by atoms with E-state index in [1.165, 1.54) is 26.0 Å². The molecule has 0 saturated heterocycles. The molecule has 0 fully saturated rings. The molecule has 0 saturated carbocycles. The van der Waals surface area contributed by atoms with Crippen molar-refractivity contribution >= 4 is 54.1 Å². The number of alkyl halides is 3. The fourth-order valence-corrected chi connectivity index (χ4v) is 5.88. The number of fused-ring (bicyclic) bond motifs is 1. The molecule has 0 spiro atoms. The molecule has 14 heteroatoms. The van der Waals surface area contributed by atoms with Gasteiger partial charge in [-0.2, -0.15) is 18.3 Å². The van der Waals surface area contributed by atoms with Crippen LogP contribution in [0.1, 0.15) is 13.8 Å². The van der Waals surface area contributed by atoms with E-state index in [4.69, 9.17) is 17.3 Å². The van der Waals surface area contributed by atoms with Gasteiger partial charge in [-0.05, 0) is 26.0 Å². The molecule has 1 aromatic heterocycles. The van der Waals surface area contributed by atoms with Gasteiger partial charge in [-0.15, -0.1) is 3.71 Å². The highest BCUT2D eigenvalue weighted by Gasteiger charge is 2.38. The summed E-state index contributed by atoms with van der Waals surface area (Å²) in [5, 5.41) is 3.14. The van der Waals surface area contributed by atoms with Crippen molar-refractivity contribution in [2.45, 2.75) is 26.6 Å². The fraction of sp³-hybridized carbons (Fsp3) is 0.462. The Morgan fingerprint density at radius 3 is 2.11 bits per heavy atom. The molecule has 0 aliphatic heterocycles. The van der Waals surface area contributed by atoms with Crippen LogP contribution >= 0.6 is 11.6 Å². The number of benzene rings is 1. The number of sulfonamides is 2. The molecule has 2 aromatic rings. The quantitative estimate of drug-likeness (QED) is 0.678. The lowest BCUT2D eigenvalue weighted by Gasteiger charge is -2.20. The molecule has 1 heterocycles. The predicted octanol–water partition coefficient (Wildman–Crippen LogP) is 2.34. The van der Waals surface area contributed by atoms with Gasteiger partial charge in [0, 0.05) is 0 Å². The lowest BCUT2D eigenvalue weighted by molar-refractivity contribution is -0.141. The van der Waals surface area contributed by atoms with E-state index in [1.54, 1.807) is 0 Å². The van der Waals surface area contributed by atoms with Crippen LogP contribution in [0.3, 0.4) is 0 Å². The third kappa shape index (κ3) is 4.09. The van der Waals surface area contributed by atoms with E-state index >= 15 is 0 Å². The molecular weight excluding hydrogens is 433 g/mol. The van der Waals surface area contributed by atoms with Crippen molar-refractivity contribution in [1.82, 2.24) is 9.78 Å². The maximum absolute atomic E-state index is 12.9. The fourth-order valence-electron chi connectivity index (χ4n) is 2.37. The molecule has 0 amide bonds. The lowest BCUT2D eigenvalue weighted by atomic mass is 10.2. The van der Waals surface area contributed by atoms with Crippen LogP contribution < -0.4 is 9.44 Å². The highest BCUT2D eigenvalue weighted by atomic mass is 35.5. The van der Waals surface area contributed by atoms with E-state index in [1.807, 2.05) is 0 Å². The van der Waals surface area contributed by atoms with Crippen LogP contribution in [0.15, 0.2) is 12.1 Å². The first-order valence-corrected chi connectivity index (χ1v) is 11.1. The summed E-state index contributed by atoms with van der Waals surface area (Å²) in [5.74, 6) is -1.99. The predicted molar refractivity (Wildman–Crippen MR) is 96.6 cm³/mol. The molecule has 2 rings (SSSR count). The second-order valence-electron chi connectivity index (χ2n) is 5.45. The summed E-state index contributed by atoms with van der Waals surface area (Å²) in [6, 6.07) is 2.44. The first kappa shape index (κ1) is 21.6. The summed E-state index contributed by atoms with van der Waals surface area (Å²) < 4.78 is 89.0. The number of hydrogen-bond acceptors (Lipinski definition) is 6. The van der Waals surface area contributed by atoms with Gasteiger partial charge >= 0.3 is 6.18 Å². The van der Waals surface area contributed by atoms with Crippen LogP contribution in [0.4, 0.5) is 24.7 Å². The number of nitrogens with two attached hydrogens (primary N) is 1. The number of rotatable bonds is 6. The second kappa shape index (κ2) is 7.02. The maximum Gasteiger partial charge on any atom is 0.408 e. The first-order chi connectivity index (χ1) is 12.2. The molecule has 0 radical (unpaired) electrons. The van der Waals surface area contributed by atoms with Crippen molar-refractivity contribution in [2.75, 3.05) is 20.9 Å². The van der Waals surface area contributed by atoms with Crippen LogP contribution in [-0.2, 0) is 26.6 Å². The molecule has 0 bridgehead atoms. The van der Waals surface area contributed by atoms with Crippen LogP contribution in [0.2, 0.25) is 5.02 Å². The summed E-state index contributed by atoms with van der Waals surface area (Å²) in [7, 11) is -8.89. The zero-order valence-electron chi connectivity index (χ0n) is 14.2. The van der Waals surface area contributed by atoms with Gasteiger partial charge in [-0.1, -0.05) is 11.6 Å². The van der Waals surface area contributed by atoms with Crippen molar-refractivity contribution in [3.63, 3.8) is 0 Å². The van der Waals surface area contributed by atoms with Crippen molar-refractivity contribution in [2.24, 2.45) is 0 Å². The Morgan fingerprint density at radius 2 is 1.67 bits per heavy atom. The molecule has 0 unspecified atom stereocenters. The van der Waals surface area contributed by atoms with Gasteiger partial charge in [0.15, 0.2) is 5.82 Å². The van der Waals surface area contributed by atoms with Gasteiger partial charge in [-0.25, -0.2) is 16.8 Å². The van der Waals surface area contributed by atoms with Crippen molar-refractivity contribution in [3.8, 4) is 0 Å². The SMILES string of the molecule is CCS(=O)(=O)N(c1nn(CC(F)(F)F)c2c(N)ccc(Cl)c12)S(=O)(=O)CC. The van der Waals surface area contributed by atoms with Gasteiger partial charge in [0.25, 0.3) is 0 Å².